The Kier molecular flexibility index (Phi) is 3.66. The molecular formula is C12H13F3N2. The molecule has 0 aliphatic rings. The molecule has 1 aromatic carbocycles. The fraction of sp³-hybridized carbons (Fsp3) is 0.417. The monoisotopic (exact) mass is 242 g/mol. The molecule has 2 nitrogen and oxygen atoms in total. The van der Waals surface area contributed by atoms with E-state index in [0.717, 1.165) is 0 Å². The Hall–Kier alpha value is -1.70. The average Bonchev–Trinajstić information content (AvgIpc) is 2.25. The summed E-state index contributed by atoms with van der Waals surface area (Å²) in [5.41, 5.74) is 4.22. The molecule has 0 saturated heterocycles. The van der Waals surface area contributed by atoms with E-state index in [2.05, 4.69) is 0 Å². The third kappa shape index (κ3) is 2.52. The summed E-state index contributed by atoms with van der Waals surface area (Å²) < 4.78 is 38.4. The number of hydrogen-bond donors (Lipinski definition) is 1. The van der Waals surface area contributed by atoms with E-state index in [9.17, 15) is 13.2 Å². The molecule has 1 atom stereocenters. The first-order chi connectivity index (χ1) is 7.82. The summed E-state index contributed by atoms with van der Waals surface area (Å²) in [6, 6.07) is 4.21. The summed E-state index contributed by atoms with van der Waals surface area (Å²) in [5, 5.41) is 8.69. The van der Waals surface area contributed by atoms with Crippen molar-refractivity contribution >= 4 is 5.69 Å². The third-order valence-electron chi connectivity index (χ3n) is 2.83. The molecule has 0 fully saturated rings. The van der Waals surface area contributed by atoms with Crippen molar-refractivity contribution in [2.45, 2.75) is 32.4 Å². The molecule has 0 radical (unpaired) electrons. The lowest BCUT2D eigenvalue weighted by Gasteiger charge is -2.18. The van der Waals surface area contributed by atoms with Crippen molar-refractivity contribution in [2.75, 3.05) is 5.73 Å². The van der Waals surface area contributed by atoms with Crippen LogP contribution in [0.2, 0.25) is 0 Å². The van der Waals surface area contributed by atoms with Crippen molar-refractivity contribution in [3.05, 3.63) is 28.8 Å². The molecule has 0 aromatic heterocycles. The van der Waals surface area contributed by atoms with Gasteiger partial charge in [0.1, 0.15) is 0 Å². The van der Waals surface area contributed by atoms with E-state index in [1.165, 1.54) is 18.2 Å². The maximum atomic E-state index is 12.8. The molecule has 0 aliphatic heterocycles. The Morgan fingerprint density at radius 3 is 2.41 bits per heavy atom. The number of nitriles is 1. The predicted octanol–water partition coefficient (Wildman–Crippen LogP) is 3.67. The lowest BCUT2D eigenvalue weighted by atomic mass is 9.92. The average molecular weight is 242 g/mol. The van der Waals surface area contributed by atoms with Gasteiger partial charge in [-0.1, -0.05) is 19.9 Å². The highest BCUT2D eigenvalue weighted by Gasteiger charge is 2.37. The highest BCUT2D eigenvalue weighted by atomic mass is 19.4. The Morgan fingerprint density at radius 1 is 1.41 bits per heavy atom. The molecule has 0 spiro atoms. The minimum Gasteiger partial charge on any atom is -0.398 e. The fourth-order valence-electron chi connectivity index (χ4n) is 1.68. The summed E-state index contributed by atoms with van der Waals surface area (Å²) in [5.74, 6) is -0.0659. The Bertz CT molecular complexity index is 458. The van der Waals surface area contributed by atoms with Gasteiger partial charge in [0.15, 0.2) is 0 Å². The zero-order valence-electron chi connectivity index (χ0n) is 9.60. The Morgan fingerprint density at radius 2 is 2.00 bits per heavy atom. The molecule has 17 heavy (non-hydrogen) atoms. The van der Waals surface area contributed by atoms with Crippen LogP contribution < -0.4 is 5.73 Å². The Labute approximate surface area is 97.9 Å². The van der Waals surface area contributed by atoms with Gasteiger partial charge in [0, 0.05) is 5.69 Å². The van der Waals surface area contributed by atoms with Crippen molar-refractivity contribution in [3.8, 4) is 6.07 Å². The normalized spacial score (nSPS) is 13.2. The van der Waals surface area contributed by atoms with Crippen molar-refractivity contribution < 1.29 is 13.2 Å². The summed E-state index contributed by atoms with van der Waals surface area (Å²) in [7, 11) is 0. The topological polar surface area (TPSA) is 49.8 Å². The fourth-order valence-corrected chi connectivity index (χ4v) is 1.68. The van der Waals surface area contributed by atoms with E-state index in [1.54, 1.807) is 6.92 Å². The second-order valence-electron chi connectivity index (χ2n) is 3.91. The van der Waals surface area contributed by atoms with E-state index in [1.807, 2.05) is 6.92 Å². The predicted molar refractivity (Wildman–Crippen MR) is 59.3 cm³/mol. The summed E-state index contributed by atoms with van der Waals surface area (Å²) in [4.78, 5) is 0. The van der Waals surface area contributed by atoms with Crippen LogP contribution in [-0.2, 0) is 6.18 Å². The number of alkyl halides is 3. The van der Waals surface area contributed by atoms with Crippen molar-refractivity contribution in [3.63, 3.8) is 0 Å². The molecule has 0 heterocycles. The van der Waals surface area contributed by atoms with Gasteiger partial charge in [0.2, 0.25) is 0 Å². The van der Waals surface area contributed by atoms with Crippen LogP contribution in [0.1, 0.15) is 42.9 Å². The van der Waals surface area contributed by atoms with Crippen LogP contribution in [0.3, 0.4) is 0 Å². The zero-order chi connectivity index (χ0) is 13.2. The number of hydrogen-bond acceptors (Lipinski definition) is 2. The first-order valence-corrected chi connectivity index (χ1v) is 5.22. The second kappa shape index (κ2) is 4.66. The summed E-state index contributed by atoms with van der Waals surface area (Å²) >= 11 is 0. The molecule has 2 N–H and O–H groups in total. The van der Waals surface area contributed by atoms with E-state index in [4.69, 9.17) is 11.0 Å². The number of benzene rings is 1. The lowest BCUT2D eigenvalue weighted by Crippen LogP contribution is -2.14. The van der Waals surface area contributed by atoms with Crippen LogP contribution in [0.4, 0.5) is 18.9 Å². The van der Waals surface area contributed by atoms with Crippen molar-refractivity contribution in [1.82, 2.24) is 0 Å². The quantitative estimate of drug-likeness (QED) is 0.804. The van der Waals surface area contributed by atoms with E-state index in [0.29, 0.717) is 12.0 Å². The van der Waals surface area contributed by atoms with Crippen LogP contribution in [-0.4, -0.2) is 0 Å². The van der Waals surface area contributed by atoms with Gasteiger partial charge in [-0.15, -0.1) is 0 Å². The highest BCUT2D eigenvalue weighted by molar-refractivity contribution is 5.62. The maximum absolute atomic E-state index is 12.8. The smallest absolute Gasteiger partial charge is 0.398 e. The summed E-state index contributed by atoms with van der Waals surface area (Å²) in [6.45, 7) is 3.67. The third-order valence-corrected chi connectivity index (χ3v) is 2.83. The number of nitrogens with zero attached hydrogens (tertiary/aromatic N) is 1. The number of anilines is 1. The molecule has 0 unspecified atom stereocenters. The minimum absolute atomic E-state index is 0.0659. The van der Waals surface area contributed by atoms with Gasteiger partial charge in [-0.05, 0) is 24.0 Å². The van der Waals surface area contributed by atoms with Crippen molar-refractivity contribution in [1.29, 1.82) is 5.26 Å². The zero-order valence-corrected chi connectivity index (χ0v) is 9.60. The standard InChI is InChI=1S/C12H13F3N2/c1-3-7(2)9-5-4-8(6-16)10(11(9)17)12(13,14)15/h4-5,7H,3,17H2,1-2H3/t7-/m0/s1. The summed E-state index contributed by atoms with van der Waals surface area (Å²) in [6.07, 6.45) is -3.91. The van der Waals surface area contributed by atoms with Crippen LogP contribution in [0.5, 0.6) is 0 Å². The second-order valence-corrected chi connectivity index (χ2v) is 3.91. The van der Waals surface area contributed by atoms with Gasteiger partial charge in [-0.2, -0.15) is 18.4 Å². The first-order valence-electron chi connectivity index (χ1n) is 5.22. The van der Waals surface area contributed by atoms with Gasteiger partial charge in [-0.25, -0.2) is 0 Å². The van der Waals surface area contributed by atoms with Gasteiger partial charge >= 0.3 is 6.18 Å². The number of rotatable bonds is 2. The van der Waals surface area contributed by atoms with Crippen LogP contribution in [0.25, 0.3) is 0 Å². The van der Waals surface area contributed by atoms with E-state index >= 15 is 0 Å². The molecule has 92 valence electrons. The molecule has 0 bridgehead atoms. The van der Waals surface area contributed by atoms with Gasteiger partial charge in [0.25, 0.3) is 0 Å². The number of halogens is 3. The lowest BCUT2D eigenvalue weighted by molar-refractivity contribution is -0.137. The maximum Gasteiger partial charge on any atom is 0.419 e. The van der Waals surface area contributed by atoms with E-state index in [-0.39, 0.29) is 11.6 Å². The van der Waals surface area contributed by atoms with Gasteiger partial charge in [-0.3, -0.25) is 0 Å². The van der Waals surface area contributed by atoms with Crippen LogP contribution in [0, 0.1) is 11.3 Å². The molecule has 1 aromatic rings. The molecule has 0 aliphatic carbocycles. The molecule has 1 rings (SSSR count). The largest absolute Gasteiger partial charge is 0.419 e. The minimum atomic E-state index is -4.60. The highest BCUT2D eigenvalue weighted by Crippen LogP contribution is 2.39. The van der Waals surface area contributed by atoms with Gasteiger partial charge in [0.05, 0.1) is 17.2 Å². The number of nitrogen functional groups attached to an aromatic ring is 1. The van der Waals surface area contributed by atoms with E-state index < -0.39 is 17.3 Å². The Balaban J connectivity index is 3.50. The molecular weight excluding hydrogens is 229 g/mol. The van der Waals surface area contributed by atoms with Crippen LogP contribution in [0.15, 0.2) is 12.1 Å². The first kappa shape index (κ1) is 13.4. The molecule has 0 amide bonds. The van der Waals surface area contributed by atoms with Crippen LogP contribution >= 0.6 is 0 Å². The van der Waals surface area contributed by atoms with Gasteiger partial charge < -0.3 is 5.73 Å². The molecule has 0 saturated carbocycles. The molecule has 5 heteroatoms. The number of nitrogens with two attached hydrogens (primary N) is 1. The SMILES string of the molecule is CC[C@H](C)c1ccc(C#N)c(C(F)(F)F)c1N. The van der Waals surface area contributed by atoms with Crippen molar-refractivity contribution in [2.24, 2.45) is 0 Å².